The fourth-order valence-electron chi connectivity index (χ4n) is 4.54. The first-order valence-electron chi connectivity index (χ1n) is 12.9. The van der Waals surface area contributed by atoms with Gasteiger partial charge < -0.3 is 25.0 Å². The molecule has 2 aromatic rings. The molecule has 2 fully saturated rings. The topological polar surface area (TPSA) is 101 Å². The molecule has 40 heavy (non-hydrogen) atoms. The van der Waals surface area contributed by atoms with Crippen molar-refractivity contribution in [2.45, 2.75) is 19.1 Å². The van der Waals surface area contributed by atoms with Gasteiger partial charge >= 0.3 is 6.43 Å². The molecule has 1 atom stereocenters. The monoisotopic (exact) mass is 573 g/mol. The van der Waals surface area contributed by atoms with E-state index in [0.717, 1.165) is 36.5 Å². The van der Waals surface area contributed by atoms with Gasteiger partial charge in [-0.3, -0.25) is 19.9 Å². The maximum atomic E-state index is 15.0. The Hall–Kier alpha value is -3.17. The van der Waals surface area contributed by atoms with Crippen molar-refractivity contribution in [2.24, 2.45) is 0 Å². The van der Waals surface area contributed by atoms with Crippen molar-refractivity contribution in [3.8, 4) is 0 Å². The minimum Gasteiger partial charge on any atom is -0.389 e. The van der Waals surface area contributed by atoms with Crippen LogP contribution in [0.4, 0.5) is 34.6 Å². The number of ether oxygens (including phenoxy) is 1. The summed E-state index contributed by atoms with van der Waals surface area (Å²) in [6.45, 7) is 3.54. The molecule has 0 aliphatic carbocycles. The number of nitrogens with zero attached hydrogens (tertiary/aromatic N) is 4. The summed E-state index contributed by atoms with van der Waals surface area (Å²) in [6, 6.07) is 9.98. The molecule has 0 spiro atoms. The predicted octanol–water partition coefficient (Wildman–Crippen LogP) is 2.24. The zero-order valence-electron chi connectivity index (χ0n) is 21.8. The van der Waals surface area contributed by atoms with Crippen LogP contribution in [0.15, 0.2) is 36.4 Å². The lowest BCUT2D eigenvalue weighted by Crippen LogP contribution is -2.41. The number of hydrogen-bond donors (Lipinski definition) is 3. The van der Waals surface area contributed by atoms with E-state index in [-0.39, 0.29) is 32.5 Å². The first-order chi connectivity index (χ1) is 19.2. The highest BCUT2D eigenvalue weighted by atomic mass is 19.3. The number of aliphatic hydroxyl groups excluding tert-OH is 1. The largest absolute Gasteiger partial charge is 0.389 e. The molecule has 2 aliphatic heterocycles. The molecule has 0 radical (unpaired) electrons. The average molecular weight is 574 g/mol. The Morgan fingerprint density at radius 2 is 1.65 bits per heavy atom. The number of benzene rings is 2. The zero-order valence-corrected chi connectivity index (χ0v) is 21.8. The molecule has 2 aliphatic rings. The summed E-state index contributed by atoms with van der Waals surface area (Å²) < 4.78 is 59.9. The van der Waals surface area contributed by atoms with Gasteiger partial charge in [-0.15, -0.1) is 0 Å². The normalized spacial score (nSPS) is 17.6. The Morgan fingerprint density at radius 3 is 2.30 bits per heavy atom. The van der Waals surface area contributed by atoms with Crippen molar-refractivity contribution in [1.82, 2.24) is 10.4 Å². The van der Waals surface area contributed by atoms with E-state index < -0.39 is 43.2 Å². The maximum Gasteiger partial charge on any atom is 0.315 e. The van der Waals surface area contributed by atoms with E-state index in [1.54, 1.807) is 10.4 Å². The summed E-state index contributed by atoms with van der Waals surface area (Å²) in [6.07, 6.45) is -4.72. The van der Waals surface area contributed by atoms with Crippen LogP contribution in [-0.2, 0) is 20.9 Å². The molecule has 0 unspecified atom stereocenters. The molecule has 2 aromatic carbocycles. The second-order valence-electron chi connectivity index (χ2n) is 9.49. The minimum absolute atomic E-state index is 0. The average Bonchev–Trinajstić information content (AvgIpc) is 3.17. The minimum atomic E-state index is -3.25. The Labute approximate surface area is 230 Å². The van der Waals surface area contributed by atoms with E-state index in [1.165, 1.54) is 4.90 Å². The maximum absolute atomic E-state index is 15.0. The van der Waals surface area contributed by atoms with Gasteiger partial charge in [-0.25, -0.2) is 8.78 Å². The number of hydroxylamine groups is 3. The van der Waals surface area contributed by atoms with E-state index >= 15 is 8.78 Å². The van der Waals surface area contributed by atoms with Crippen molar-refractivity contribution >= 4 is 23.0 Å². The lowest BCUT2D eigenvalue weighted by molar-refractivity contribution is -0.154. The van der Waals surface area contributed by atoms with Crippen molar-refractivity contribution in [1.29, 1.82) is 0 Å². The second-order valence-corrected chi connectivity index (χ2v) is 9.49. The number of carbonyl (C=O) groups excluding carboxylic acids is 1. The van der Waals surface area contributed by atoms with E-state index in [2.05, 4.69) is 17.0 Å². The number of carbonyl (C=O) groups is 1. The number of hydrogen-bond acceptors (Lipinski definition) is 9. The van der Waals surface area contributed by atoms with Crippen molar-refractivity contribution in [2.75, 3.05) is 80.5 Å². The first kappa shape index (κ1) is 29.8. The van der Waals surface area contributed by atoms with Crippen LogP contribution in [0.1, 0.15) is 6.99 Å². The Balaban J connectivity index is 0.00000462. The Morgan fingerprint density at radius 1 is 1.00 bits per heavy atom. The van der Waals surface area contributed by atoms with E-state index in [0.29, 0.717) is 31.4 Å². The van der Waals surface area contributed by atoms with Gasteiger partial charge in [0.2, 0.25) is 0 Å². The highest BCUT2D eigenvalue weighted by Crippen LogP contribution is 2.29. The second kappa shape index (κ2) is 13.9. The number of morpholine rings is 1. The van der Waals surface area contributed by atoms with Crippen LogP contribution < -0.4 is 20.2 Å². The number of aliphatic hydroxyl groups is 1. The lowest BCUT2D eigenvalue weighted by atomic mass is 10.2. The van der Waals surface area contributed by atoms with Crippen molar-refractivity contribution < 1.29 is 43.7 Å². The number of alkyl halides is 2. The first-order valence-corrected chi connectivity index (χ1v) is 12.9. The van der Waals surface area contributed by atoms with E-state index in [4.69, 9.17) is 9.57 Å². The van der Waals surface area contributed by atoms with Gasteiger partial charge in [0.05, 0.1) is 38.2 Å². The third kappa shape index (κ3) is 7.95. The van der Waals surface area contributed by atoms with Crippen molar-refractivity contribution in [3.05, 3.63) is 53.6 Å². The fourth-order valence-corrected chi connectivity index (χ4v) is 4.54. The van der Waals surface area contributed by atoms with Gasteiger partial charge in [-0.05, 0) is 17.7 Å². The summed E-state index contributed by atoms with van der Waals surface area (Å²) in [7, 11) is 0. The number of halogens is 4. The molecule has 4 rings (SSSR count). The van der Waals surface area contributed by atoms with Crippen LogP contribution in [0.2, 0.25) is 0 Å². The third-order valence-corrected chi connectivity index (χ3v) is 6.64. The number of rotatable bonds is 10. The van der Waals surface area contributed by atoms with Crippen LogP contribution in [0.25, 0.3) is 0 Å². The van der Waals surface area contributed by atoms with Crippen LogP contribution >= 0.6 is 0 Å². The van der Waals surface area contributed by atoms with Crippen LogP contribution in [0, 0.1) is 11.6 Å². The molecule has 1 amide bonds. The summed E-state index contributed by atoms with van der Waals surface area (Å²) in [5, 5.41) is 23.9. The number of amides is 1. The summed E-state index contributed by atoms with van der Waals surface area (Å²) >= 11 is 0. The van der Waals surface area contributed by atoms with E-state index in [1.807, 2.05) is 12.1 Å². The molecule has 0 aromatic heterocycles. The smallest absolute Gasteiger partial charge is 0.315 e. The van der Waals surface area contributed by atoms with E-state index in [9.17, 15) is 23.9 Å². The Kier molecular flexibility index (Phi) is 10.4. The summed E-state index contributed by atoms with van der Waals surface area (Å²) in [4.78, 5) is 20.5. The van der Waals surface area contributed by atoms with Gasteiger partial charge in [-0.2, -0.15) is 13.8 Å². The van der Waals surface area contributed by atoms with Crippen LogP contribution in [0.5, 0.6) is 0 Å². The van der Waals surface area contributed by atoms with Gasteiger partial charge in [0, 0.05) is 65.1 Å². The standard InChI is InChI=1S/C26H33F4N5O5.H2/c27-22-13-20(35(38)17-21(36)15-31-26(37)25(29)30)14-23(28)24(22)33-5-6-34(40-12-9-33)16-18-1-3-19(4-2-18)32-7-10-39-11-8-32;/h1-4,13-14,21,25,36,38H,5-12,15-17H2,(H,31,37);1H/t21-;/m0./s1. The molecule has 222 valence electrons. The molecule has 2 saturated heterocycles. The molecule has 10 nitrogen and oxygen atoms in total. The van der Waals surface area contributed by atoms with Crippen LogP contribution in [0.3, 0.4) is 0 Å². The lowest BCUT2D eigenvalue weighted by Gasteiger charge is -2.29. The molecule has 0 saturated carbocycles. The zero-order chi connectivity index (χ0) is 28.6. The van der Waals surface area contributed by atoms with Gasteiger partial charge in [0.15, 0.2) is 11.6 Å². The van der Waals surface area contributed by atoms with Gasteiger partial charge in [0.25, 0.3) is 5.91 Å². The Bertz CT molecular complexity index is 1110. The molecule has 0 bridgehead atoms. The predicted molar refractivity (Wildman–Crippen MR) is 141 cm³/mol. The summed E-state index contributed by atoms with van der Waals surface area (Å²) in [5.74, 6) is -3.44. The highest BCUT2D eigenvalue weighted by molar-refractivity contribution is 5.79. The summed E-state index contributed by atoms with van der Waals surface area (Å²) in [5.41, 5.74) is 1.60. The third-order valence-electron chi connectivity index (χ3n) is 6.64. The molecular weight excluding hydrogens is 538 g/mol. The SMILES string of the molecule is O=C(NC[C@H](O)CN(O)c1cc(F)c(N2CCON(Cc3ccc(N4CCOCC4)cc3)CC2)c(F)c1)C(F)F.[HH]. The number of anilines is 3. The number of nitrogens with one attached hydrogen (secondary N) is 1. The van der Waals surface area contributed by atoms with Crippen molar-refractivity contribution in [3.63, 3.8) is 0 Å². The molecule has 3 N–H and O–H groups in total. The highest BCUT2D eigenvalue weighted by Gasteiger charge is 2.24. The molecule has 2 heterocycles. The molecule has 14 heteroatoms. The van der Waals surface area contributed by atoms with Crippen LogP contribution in [-0.4, -0.2) is 99.4 Å². The van der Waals surface area contributed by atoms with Gasteiger partial charge in [0.1, 0.15) is 5.69 Å². The molecular formula is C26H35F4N5O5. The quantitative estimate of drug-likeness (QED) is 0.292. The fraction of sp³-hybridized carbons (Fsp3) is 0.500. The van der Waals surface area contributed by atoms with Gasteiger partial charge in [-0.1, -0.05) is 12.1 Å².